The number of hydrogen-bond acceptors (Lipinski definition) is 2. The molecule has 1 amide bonds. The molecule has 0 radical (unpaired) electrons. The Hall–Kier alpha value is -1.42. The Morgan fingerprint density at radius 1 is 1.44 bits per heavy atom. The fraction of sp³-hybridized carbons (Fsp3) is 0.385. The molecule has 5 heteroatoms. The van der Waals surface area contributed by atoms with E-state index in [2.05, 4.69) is 5.32 Å². The molecule has 0 heterocycles. The molecule has 98 valence electrons. The lowest BCUT2D eigenvalue weighted by molar-refractivity contribution is -0.105. The van der Waals surface area contributed by atoms with E-state index in [0.29, 0.717) is 6.41 Å². The van der Waals surface area contributed by atoms with Crippen molar-refractivity contribution in [2.24, 2.45) is 5.92 Å². The van der Waals surface area contributed by atoms with E-state index in [9.17, 15) is 14.0 Å². The van der Waals surface area contributed by atoms with Gasteiger partial charge in [-0.15, -0.1) is 0 Å². The summed E-state index contributed by atoms with van der Waals surface area (Å²) in [5.74, 6) is -0.752. The Kier molecular flexibility index (Phi) is 5.28. The van der Waals surface area contributed by atoms with Crippen LogP contribution in [0.2, 0.25) is 5.02 Å². The number of anilines is 1. The number of halogens is 2. The summed E-state index contributed by atoms with van der Waals surface area (Å²) in [6, 6.07) is 2.33. The highest BCUT2D eigenvalue weighted by atomic mass is 35.5. The number of ketones is 1. The van der Waals surface area contributed by atoms with Crippen LogP contribution in [0.4, 0.5) is 10.1 Å². The lowest BCUT2D eigenvalue weighted by atomic mass is 10.0. The van der Waals surface area contributed by atoms with Gasteiger partial charge in [0, 0.05) is 11.5 Å². The molecule has 1 fully saturated rings. The standard InChI is InChI=1S/C11H9ClFNO2.C2H6/c12-8-3-7(11(16)6-1-2-6)10(14-5-15)4-9(8)13;1-2/h3-6H,1-2H2,(H,14,15);1-2H3. The molecule has 0 spiro atoms. The predicted molar refractivity (Wildman–Crippen MR) is 69.5 cm³/mol. The molecule has 1 aliphatic carbocycles. The zero-order chi connectivity index (χ0) is 13.7. The normalized spacial score (nSPS) is 13.3. The quantitative estimate of drug-likeness (QED) is 0.671. The summed E-state index contributed by atoms with van der Waals surface area (Å²) in [4.78, 5) is 22.2. The summed E-state index contributed by atoms with van der Waals surface area (Å²) < 4.78 is 13.2. The number of carbonyl (C=O) groups is 2. The SMILES string of the molecule is CC.O=CNc1cc(F)c(Cl)cc1C(=O)C1CC1. The molecule has 1 aliphatic rings. The zero-order valence-electron chi connectivity index (χ0n) is 10.3. The Bertz CT molecular complexity index is 459. The number of nitrogens with one attached hydrogen (secondary N) is 1. The van der Waals surface area contributed by atoms with Crippen LogP contribution in [0.15, 0.2) is 12.1 Å². The summed E-state index contributed by atoms with van der Waals surface area (Å²) in [7, 11) is 0. The minimum absolute atomic E-state index is 0.00581. The van der Waals surface area contributed by atoms with Crippen molar-refractivity contribution in [1.29, 1.82) is 0 Å². The molecule has 1 N–H and O–H groups in total. The van der Waals surface area contributed by atoms with Gasteiger partial charge >= 0.3 is 0 Å². The van der Waals surface area contributed by atoms with Crippen molar-refractivity contribution < 1.29 is 14.0 Å². The number of carbonyl (C=O) groups excluding carboxylic acids is 2. The molecule has 0 saturated heterocycles. The van der Waals surface area contributed by atoms with Gasteiger partial charge < -0.3 is 5.32 Å². The van der Waals surface area contributed by atoms with Crippen LogP contribution < -0.4 is 5.32 Å². The van der Waals surface area contributed by atoms with Gasteiger partial charge in [0.1, 0.15) is 5.82 Å². The van der Waals surface area contributed by atoms with E-state index >= 15 is 0 Å². The first-order chi connectivity index (χ1) is 8.63. The lowest BCUT2D eigenvalue weighted by Crippen LogP contribution is -2.08. The average Bonchev–Trinajstić information content (AvgIpc) is 3.20. The van der Waals surface area contributed by atoms with Crippen molar-refractivity contribution in [1.82, 2.24) is 0 Å². The fourth-order valence-corrected chi connectivity index (χ4v) is 1.66. The molecule has 0 unspecified atom stereocenters. The predicted octanol–water partition coefficient (Wildman–Crippen LogP) is 3.67. The van der Waals surface area contributed by atoms with E-state index in [4.69, 9.17) is 11.6 Å². The second kappa shape index (κ2) is 6.50. The number of amides is 1. The average molecular weight is 272 g/mol. The van der Waals surface area contributed by atoms with Crippen LogP contribution in [0.1, 0.15) is 37.0 Å². The maximum Gasteiger partial charge on any atom is 0.211 e. The second-order valence-corrected chi connectivity index (χ2v) is 4.12. The molecule has 1 saturated carbocycles. The summed E-state index contributed by atoms with van der Waals surface area (Å²) in [6.07, 6.45) is 2.09. The van der Waals surface area contributed by atoms with Crippen molar-refractivity contribution in [3.05, 3.63) is 28.5 Å². The third-order valence-corrected chi connectivity index (χ3v) is 2.78. The monoisotopic (exact) mass is 271 g/mol. The van der Waals surface area contributed by atoms with Crippen molar-refractivity contribution in [3.63, 3.8) is 0 Å². The molecule has 1 aromatic carbocycles. The van der Waals surface area contributed by atoms with E-state index < -0.39 is 5.82 Å². The van der Waals surface area contributed by atoms with Crippen LogP contribution in [0.25, 0.3) is 0 Å². The summed E-state index contributed by atoms with van der Waals surface area (Å²) in [5, 5.41) is 2.20. The third-order valence-electron chi connectivity index (χ3n) is 2.49. The van der Waals surface area contributed by atoms with Gasteiger partial charge in [0.05, 0.1) is 10.7 Å². The first-order valence-electron chi connectivity index (χ1n) is 5.87. The maximum absolute atomic E-state index is 13.2. The first kappa shape index (κ1) is 14.6. The third kappa shape index (κ3) is 3.29. The van der Waals surface area contributed by atoms with Crippen molar-refractivity contribution in [2.45, 2.75) is 26.7 Å². The summed E-state index contributed by atoms with van der Waals surface area (Å²) in [6.45, 7) is 4.00. The van der Waals surface area contributed by atoms with Gasteiger partial charge in [-0.25, -0.2) is 4.39 Å². The van der Waals surface area contributed by atoms with Crippen molar-refractivity contribution in [3.8, 4) is 0 Å². The Morgan fingerprint density at radius 2 is 2.06 bits per heavy atom. The molecule has 2 rings (SSSR count). The second-order valence-electron chi connectivity index (χ2n) is 3.71. The van der Waals surface area contributed by atoms with Gasteiger partial charge in [-0.3, -0.25) is 9.59 Å². The summed E-state index contributed by atoms with van der Waals surface area (Å²) in [5.41, 5.74) is 0.454. The van der Waals surface area contributed by atoms with Crippen LogP contribution in [-0.2, 0) is 4.79 Å². The number of hydrogen-bond donors (Lipinski definition) is 1. The highest BCUT2D eigenvalue weighted by Gasteiger charge is 2.32. The smallest absolute Gasteiger partial charge is 0.211 e. The molecule has 0 aromatic heterocycles. The van der Waals surface area contributed by atoms with Crippen LogP contribution >= 0.6 is 11.6 Å². The molecule has 3 nitrogen and oxygen atoms in total. The van der Waals surface area contributed by atoms with E-state index in [1.165, 1.54) is 6.07 Å². The van der Waals surface area contributed by atoms with Crippen LogP contribution in [-0.4, -0.2) is 12.2 Å². The van der Waals surface area contributed by atoms with E-state index in [1.807, 2.05) is 13.8 Å². The van der Waals surface area contributed by atoms with Crippen molar-refractivity contribution in [2.75, 3.05) is 5.32 Å². The first-order valence-corrected chi connectivity index (χ1v) is 6.24. The lowest BCUT2D eigenvalue weighted by Gasteiger charge is -2.08. The molecular formula is C13H15ClFNO2. The van der Waals surface area contributed by atoms with E-state index in [1.54, 1.807) is 0 Å². The largest absolute Gasteiger partial charge is 0.328 e. The highest BCUT2D eigenvalue weighted by Crippen LogP contribution is 2.36. The number of Topliss-reactive ketones (excluding diaryl/α,β-unsaturated/α-hetero) is 1. The summed E-state index contributed by atoms with van der Waals surface area (Å²) >= 11 is 5.61. The van der Waals surface area contributed by atoms with Gasteiger partial charge in [-0.1, -0.05) is 25.4 Å². The minimum atomic E-state index is -0.654. The van der Waals surface area contributed by atoms with E-state index in [0.717, 1.165) is 18.9 Å². The van der Waals surface area contributed by atoms with Gasteiger partial charge in [-0.05, 0) is 25.0 Å². The van der Waals surface area contributed by atoms with Gasteiger partial charge in [0.2, 0.25) is 6.41 Å². The maximum atomic E-state index is 13.2. The topological polar surface area (TPSA) is 46.2 Å². The Morgan fingerprint density at radius 3 is 2.56 bits per heavy atom. The fourth-order valence-electron chi connectivity index (χ4n) is 1.50. The van der Waals surface area contributed by atoms with Crippen LogP contribution in [0.5, 0.6) is 0 Å². The zero-order valence-corrected chi connectivity index (χ0v) is 11.1. The molecule has 0 aliphatic heterocycles. The van der Waals surface area contributed by atoms with Gasteiger partial charge in [0.25, 0.3) is 0 Å². The van der Waals surface area contributed by atoms with Crippen molar-refractivity contribution >= 4 is 29.5 Å². The molecule has 1 aromatic rings. The molecule has 18 heavy (non-hydrogen) atoms. The van der Waals surface area contributed by atoms with Gasteiger partial charge in [0.15, 0.2) is 5.78 Å². The highest BCUT2D eigenvalue weighted by molar-refractivity contribution is 6.31. The molecular weight excluding hydrogens is 257 g/mol. The number of benzene rings is 1. The van der Waals surface area contributed by atoms with Gasteiger partial charge in [-0.2, -0.15) is 0 Å². The minimum Gasteiger partial charge on any atom is -0.328 e. The molecule has 0 bridgehead atoms. The Balaban J connectivity index is 0.000000771. The van der Waals surface area contributed by atoms with E-state index in [-0.39, 0.29) is 28.0 Å². The number of rotatable bonds is 4. The molecule has 0 atom stereocenters. The Labute approximate surface area is 110 Å². The van der Waals surface area contributed by atoms with Crippen LogP contribution in [0, 0.1) is 11.7 Å². The van der Waals surface area contributed by atoms with Crippen LogP contribution in [0.3, 0.4) is 0 Å².